The first-order valence-corrected chi connectivity index (χ1v) is 12.2. The number of aliphatic imine (C=N–C) groups is 1. The van der Waals surface area contributed by atoms with Gasteiger partial charge in [0, 0.05) is 5.25 Å². The van der Waals surface area contributed by atoms with E-state index in [-0.39, 0.29) is 22.8 Å². The maximum atomic E-state index is 12.8. The van der Waals surface area contributed by atoms with Gasteiger partial charge in [0.05, 0.1) is 30.3 Å². The number of carbonyl (C=O) groups excluding carboxylic acids is 1. The fourth-order valence-corrected chi connectivity index (χ4v) is 7.53. The molecule has 158 valence electrons. The third-order valence-corrected chi connectivity index (χ3v) is 8.23. The molecule has 2 aromatic rings. The number of ether oxygens (including phenoxy) is 2. The highest BCUT2D eigenvalue weighted by molar-refractivity contribution is 8.16. The van der Waals surface area contributed by atoms with Crippen molar-refractivity contribution >= 4 is 38.4 Å². The average molecular weight is 447 g/mol. The quantitative estimate of drug-likeness (QED) is 0.698. The molecule has 3 atom stereocenters. The van der Waals surface area contributed by atoms with E-state index < -0.39 is 21.8 Å². The van der Waals surface area contributed by atoms with Crippen molar-refractivity contribution in [3.8, 4) is 11.5 Å². The van der Waals surface area contributed by atoms with Crippen LogP contribution in [0.2, 0.25) is 0 Å². The Balaban J connectivity index is 1.64. The molecule has 0 unspecified atom stereocenters. The number of carbonyl (C=O) groups is 1. The number of amides is 1. The second-order valence-electron chi connectivity index (χ2n) is 7.15. The van der Waals surface area contributed by atoms with Gasteiger partial charge in [0.25, 0.3) is 5.91 Å². The number of thioether (sulfide) groups is 1. The zero-order valence-corrected chi connectivity index (χ0v) is 18.2. The molecule has 0 aromatic heterocycles. The van der Waals surface area contributed by atoms with Gasteiger partial charge in [-0.25, -0.2) is 8.42 Å². The molecule has 2 heterocycles. The lowest BCUT2D eigenvalue weighted by Crippen LogP contribution is -2.38. The zero-order valence-electron chi connectivity index (χ0n) is 16.6. The van der Waals surface area contributed by atoms with Crippen LogP contribution in [-0.2, 0) is 14.6 Å². The summed E-state index contributed by atoms with van der Waals surface area (Å²) in [6.07, 6.45) is -0.774. The molecule has 30 heavy (non-hydrogen) atoms. The van der Waals surface area contributed by atoms with Crippen molar-refractivity contribution in [1.29, 1.82) is 0 Å². The minimum absolute atomic E-state index is 0.0198. The van der Waals surface area contributed by atoms with Crippen molar-refractivity contribution in [3.63, 3.8) is 0 Å². The van der Waals surface area contributed by atoms with Gasteiger partial charge in [-0.05, 0) is 31.2 Å². The SMILES string of the molecule is COc1ccccc1N1C(=NC(=O)[C@@H](C)Oc2ccccc2)S[C@H]2CS(=O)(=O)C[C@H]21. The summed E-state index contributed by atoms with van der Waals surface area (Å²) >= 11 is 1.32. The zero-order chi connectivity index (χ0) is 21.3. The van der Waals surface area contributed by atoms with Crippen molar-refractivity contribution in [3.05, 3.63) is 54.6 Å². The smallest absolute Gasteiger partial charge is 0.288 e. The number of fused-ring (bicyclic) bond motifs is 1. The van der Waals surface area contributed by atoms with E-state index in [1.54, 1.807) is 32.2 Å². The number of nitrogens with zero attached hydrogens (tertiary/aromatic N) is 2. The molecule has 2 saturated heterocycles. The number of anilines is 1. The lowest BCUT2D eigenvalue weighted by Gasteiger charge is -2.26. The van der Waals surface area contributed by atoms with Crippen molar-refractivity contribution < 1.29 is 22.7 Å². The van der Waals surface area contributed by atoms with Crippen LogP contribution in [0.4, 0.5) is 5.69 Å². The van der Waals surface area contributed by atoms with E-state index in [1.807, 2.05) is 41.3 Å². The number of methoxy groups -OCH3 is 1. The van der Waals surface area contributed by atoms with Crippen LogP contribution in [-0.4, -0.2) is 55.5 Å². The van der Waals surface area contributed by atoms with Crippen LogP contribution in [0.15, 0.2) is 59.6 Å². The average Bonchev–Trinajstić information content (AvgIpc) is 3.19. The van der Waals surface area contributed by atoms with Gasteiger partial charge in [-0.2, -0.15) is 4.99 Å². The van der Waals surface area contributed by atoms with E-state index in [0.29, 0.717) is 22.4 Å². The summed E-state index contributed by atoms with van der Waals surface area (Å²) in [4.78, 5) is 18.9. The predicted molar refractivity (Wildman–Crippen MR) is 118 cm³/mol. The van der Waals surface area contributed by atoms with E-state index in [1.165, 1.54) is 11.8 Å². The Bertz CT molecular complexity index is 1070. The molecule has 0 radical (unpaired) electrons. The minimum atomic E-state index is -3.14. The van der Waals surface area contributed by atoms with Gasteiger partial charge in [0.2, 0.25) is 0 Å². The first-order valence-electron chi connectivity index (χ1n) is 9.51. The van der Waals surface area contributed by atoms with Crippen LogP contribution in [0.1, 0.15) is 6.92 Å². The molecule has 2 aliphatic rings. The molecular formula is C21H22N2O5S2. The minimum Gasteiger partial charge on any atom is -0.495 e. The van der Waals surface area contributed by atoms with Crippen LogP contribution in [0.3, 0.4) is 0 Å². The summed E-state index contributed by atoms with van der Waals surface area (Å²) in [5.41, 5.74) is 0.695. The van der Waals surface area contributed by atoms with Gasteiger partial charge in [-0.1, -0.05) is 42.1 Å². The molecule has 2 fully saturated rings. The highest BCUT2D eigenvalue weighted by atomic mass is 32.2. The standard InChI is InChI=1S/C21H22N2O5S2/c1-14(28-15-8-4-3-5-9-15)20(24)22-21-23(16-10-6-7-11-18(16)27-2)17-12-30(25,26)13-19(17)29-21/h3-11,14,17,19H,12-13H2,1-2H3/t14-,17-,19+/m1/s1. The Hall–Kier alpha value is -2.52. The molecule has 0 bridgehead atoms. The summed E-state index contributed by atoms with van der Waals surface area (Å²) in [7, 11) is -1.58. The number of rotatable bonds is 5. The number of para-hydroxylation sites is 3. The van der Waals surface area contributed by atoms with Crippen molar-refractivity contribution in [1.82, 2.24) is 0 Å². The Labute approximate surface area is 180 Å². The van der Waals surface area contributed by atoms with Crippen LogP contribution in [0.25, 0.3) is 0 Å². The molecule has 2 aliphatic heterocycles. The molecule has 4 rings (SSSR count). The lowest BCUT2D eigenvalue weighted by molar-refractivity contribution is -0.123. The maximum absolute atomic E-state index is 12.8. The molecule has 0 N–H and O–H groups in total. The number of amidine groups is 1. The van der Waals surface area contributed by atoms with Crippen LogP contribution in [0, 0.1) is 0 Å². The summed E-state index contributed by atoms with van der Waals surface area (Å²) in [5, 5.41) is 0.287. The number of hydrogen-bond donors (Lipinski definition) is 0. The first-order chi connectivity index (χ1) is 14.4. The summed E-state index contributed by atoms with van der Waals surface area (Å²) in [5.74, 6) is 0.839. The van der Waals surface area contributed by atoms with Crippen LogP contribution >= 0.6 is 11.8 Å². The molecule has 0 spiro atoms. The third kappa shape index (κ3) is 4.17. The number of benzene rings is 2. The Morgan fingerprint density at radius 3 is 2.57 bits per heavy atom. The van der Waals surface area contributed by atoms with E-state index in [0.717, 1.165) is 0 Å². The Kier molecular flexibility index (Phi) is 5.75. The van der Waals surface area contributed by atoms with Crippen LogP contribution < -0.4 is 14.4 Å². The fraction of sp³-hybridized carbons (Fsp3) is 0.333. The van der Waals surface area contributed by atoms with Crippen molar-refractivity contribution in [2.75, 3.05) is 23.5 Å². The van der Waals surface area contributed by atoms with Gasteiger partial charge >= 0.3 is 0 Å². The molecule has 1 amide bonds. The molecular weight excluding hydrogens is 424 g/mol. The first kappa shape index (κ1) is 20.7. The second-order valence-corrected chi connectivity index (χ2v) is 10.5. The second kappa shape index (κ2) is 8.31. The van der Waals surface area contributed by atoms with Gasteiger partial charge in [0.1, 0.15) is 11.5 Å². The largest absolute Gasteiger partial charge is 0.495 e. The van der Waals surface area contributed by atoms with Crippen molar-refractivity contribution in [2.45, 2.75) is 24.3 Å². The Morgan fingerprint density at radius 2 is 1.83 bits per heavy atom. The van der Waals surface area contributed by atoms with Gasteiger partial charge in [-0.3, -0.25) is 4.79 Å². The summed E-state index contributed by atoms with van der Waals surface area (Å²) < 4.78 is 35.6. The van der Waals surface area contributed by atoms with E-state index in [2.05, 4.69) is 4.99 Å². The molecule has 9 heteroatoms. The van der Waals surface area contributed by atoms with E-state index in [9.17, 15) is 13.2 Å². The highest BCUT2D eigenvalue weighted by Gasteiger charge is 2.50. The normalized spacial score (nSPS) is 24.5. The Morgan fingerprint density at radius 1 is 1.13 bits per heavy atom. The van der Waals surface area contributed by atoms with Gasteiger partial charge in [0.15, 0.2) is 21.1 Å². The maximum Gasteiger partial charge on any atom is 0.288 e. The molecule has 2 aromatic carbocycles. The van der Waals surface area contributed by atoms with E-state index in [4.69, 9.17) is 9.47 Å². The van der Waals surface area contributed by atoms with Gasteiger partial charge < -0.3 is 14.4 Å². The fourth-order valence-electron chi connectivity index (χ4n) is 3.61. The predicted octanol–water partition coefficient (Wildman–Crippen LogP) is 2.76. The summed E-state index contributed by atoms with van der Waals surface area (Å²) in [6.45, 7) is 1.65. The molecule has 0 aliphatic carbocycles. The van der Waals surface area contributed by atoms with E-state index >= 15 is 0 Å². The van der Waals surface area contributed by atoms with Crippen molar-refractivity contribution in [2.24, 2.45) is 4.99 Å². The third-order valence-electron chi connectivity index (χ3n) is 5.02. The summed E-state index contributed by atoms with van der Waals surface area (Å²) in [6, 6.07) is 16.1. The number of sulfone groups is 1. The monoisotopic (exact) mass is 446 g/mol. The van der Waals surface area contributed by atoms with Gasteiger partial charge in [-0.15, -0.1) is 0 Å². The molecule has 0 saturated carbocycles. The topological polar surface area (TPSA) is 85.3 Å². The van der Waals surface area contributed by atoms with Crippen LogP contribution in [0.5, 0.6) is 11.5 Å². The number of hydrogen-bond acceptors (Lipinski definition) is 6. The highest BCUT2D eigenvalue weighted by Crippen LogP contribution is 2.43. The molecule has 7 nitrogen and oxygen atoms in total. The lowest BCUT2D eigenvalue weighted by atomic mass is 10.2.